The van der Waals surface area contributed by atoms with E-state index in [2.05, 4.69) is 242 Å². The van der Waals surface area contributed by atoms with Gasteiger partial charge in [-0.15, -0.1) is 0 Å². The van der Waals surface area contributed by atoms with Gasteiger partial charge in [0.2, 0.25) is 0 Å². The van der Waals surface area contributed by atoms with E-state index in [0.29, 0.717) is 16.2 Å². The van der Waals surface area contributed by atoms with E-state index in [9.17, 15) is 0 Å². The molecule has 0 bridgehead atoms. The van der Waals surface area contributed by atoms with Gasteiger partial charge in [-0.3, -0.25) is 0 Å². The van der Waals surface area contributed by atoms with Crippen molar-refractivity contribution in [1.29, 1.82) is 0 Å². The monoisotopic (exact) mass is 1390 g/mol. The second-order valence-electron chi connectivity index (χ2n) is 25.3. The molecule has 1 saturated carbocycles. The van der Waals surface area contributed by atoms with Gasteiger partial charge < -0.3 is 0 Å². The Bertz CT molecular complexity index is 2420. The molecule has 0 N–H and O–H groups in total. The molecule has 0 saturated heterocycles. The van der Waals surface area contributed by atoms with E-state index >= 15 is 0 Å². The second kappa shape index (κ2) is 82.2. The van der Waals surface area contributed by atoms with Crippen LogP contribution >= 0.6 is 0 Å². The van der Waals surface area contributed by atoms with Crippen molar-refractivity contribution in [2.24, 2.45) is 16.2 Å². The SMILES string of the molecule is C.C.CC.CC.CC.CC.CC.CC.CC.CC.CC(C)(C)C.CC(C)(C)C.CC(c1ccccc1)(c1ccccc1)c1ccccc1.CCC(C)(C)C.c1ccc(C2(c3ccccc3)CCCCC2)cc1.c1ccccc1.c1ccccc1.c1ccccc1.c1ccccc1.c1ccccc1. The molecule has 1 aliphatic carbocycles. The van der Waals surface area contributed by atoms with Crippen molar-refractivity contribution in [2.75, 3.05) is 0 Å². The van der Waals surface area contributed by atoms with Crippen LogP contribution in [0.2, 0.25) is 0 Å². The first-order chi connectivity index (χ1) is 48.3. The summed E-state index contributed by atoms with van der Waals surface area (Å²) in [7, 11) is 0. The Kier molecular flexibility index (Phi) is 90.8. The third kappa shape index (κ3) is 69.3. The molecule has 11 rings (SSSR count). The molecule has 10 aromatic rings. The first-order valence-corrected chi connectivity index (χ1v) is 38.6. The molecule has 0 spiro atoms. The summed E-state index contributed by atoms with van der Waals surface area (Å²) in [5, 5.41) is 0. The first kappa shape index (κ1) is 113. The summed E-state index contributed by atoms with van der Waals surface area (Å²) in [4.78, 5) is 0. The standard InChI is InChI=1S/C20H18.C18H20.5C6H6.C6H14.2C5H12.8C2H6.2CH4/c1-20(17-11-5-2-6-12-17,18-13-7-3-8-14-18)19-15-9-4-10-16-19;1-4-10-16(11-5-1)18(14-8-3-9-15-18)17-12-6-2-7-13-17;5*1-2-4-6-5-3-1;1-5-6(2,3)4;2*1-5(2,3)4;8*1-2;;/h2-16H,1H3;1-2,4-7,10-13H,3,8-9,14-15H2;5*1-6H;5H2,1-4H3;2*1-4H3;8*1-2H3;2*1H4. The summed E-state index contributed by atoms with van der Waals surface area (Å²) >= 11 is 0. The van der Waals surface area contributed by atoms with Crippen molar-refractivity contribution < 1.29 is 0 Å². The smallest absolute Gasteiger partial charge is 0.0423 e. The summed E-state index contributed by atoms with van der Waals surface area (Å²) in [5.41, 5.74) is 8.63. The molecule has 0 radical (unpaired) electrons. The van der Waals surface area contributed by atoms with Crippen LogP contribution in [0.4, 0.5) is 0 Å². The molecule has 0 heteroatoms. The molecule has 10 aromatic carbocycles. The molecule has 0 atom stereocenters. The Morgan fingerprint density at radius 2 is 0.333 bits per heavy atom. The van der Waals surface area contributed by atoms with Gasteiger partial charge in [0, 0.05) is 10.8 Å². The fourth-order valence-electron chi connectivity index (χ4n) is 8.15. The highest BCUT2D eigenvalue weighted by molar-refractivity contribution is 5.49. The van der Waals surface area contributed by atoms with E-state index in [1.54, 1.807) is 0 Å². The molecule has 1 fully saturated rings. The van der Waals surface area contributed by atoms with Crippen LogP contribution in [0.5, 0.6) is 0 Å². The van der Waals surface area contributed by atoms with Gasteiger partial charge in [0.15, 0.2) is 0 Å². The van der Waals surface area contributed by atoms with Crippen molar-refractivity contribution in [3.63, 3.8) is 0 Å². The number of hydrogen-bond acceptors (Lipinski definition) is 0. The van der Waals surface area contributed by atoms with Gasteiger partial charge in [-0.25, -0.2) is 0 Å². The highest BCUT2D eigenvalue weighted by Crippen LogP contribution is 2.45. The zero-order chi connectivity index (χ0) is 77.5. The van der Waals surface area contributed by atoms with Crippen molar-refractivity contribution in [3.8, 4) is 0 Å². The van der Waals surface area contributed by atoms with Gasteiger partial charge in [-0.05, 0) is 63.8 Å². The van der Waals surface area contributed by atoms with E-state index in [4.69, 9.17) is 0 Å². The molecule has 0 aromatic heterocycles. The predicted octanol–water partition coefficient (Wildman–Crippen LogP) is 34.4. The van der Waals surface area contributed by atoms with Gasteiger partial charge in [0.25, 0.3) is 0 Å². The Balaban J connectivity index is -0.000000137. The molecule has 0 amide bonds. The summed E-state index contributed by atoms with van der Waals surface area (Å²) in [6.07, 6.45) is 7.95. The fourth-order valence-corrected chi connectivity index (χ4v) is 8.15. The maximum atomic E-state index is 2.30. The summed E-state index contributed by atoms with van der Waals surface area (Å²) in [5.74, 6) is 0. The van der Waals surface area contributed by atoms with Gasteiger partial charge in [0.1, 0.15) is 0 Å². The van der Waals surface area contributed by atoms with E-state index in [-0.39, 0.29) is 25.7 Å². The van der Waals surface area contributed by atoms with Gasteiger partial charge in [-0.2, -0.15) is 0 Å². The maximum Gasteiger partial charge on any atom is 0.0423 e. The Hall–Kier alpha value is -7.80. The molecule has 102 heavy (non-hydrogen) atoms. The lowest BCUT2D eigenvalue weighted by Gasteiger charge is -2.38. The van der Waals surface area contributed by atoms with Gasteiger partial charge in [0.05, 0.1) is 0 Å². The molecule has 0 heterocycles. The normalized spacial score (nSPS) is 10.2. The van der Waals surface area contributed by atoms with Crippen LogP contribution in [-0.2, 0) is 10.8 Å². The topological polar surface area (TPSA) is 0 Å². The molecule has 0 aliphatic heterocycles. The minimum absolute atomic E-state index is 0. The third-order valence-electron chi connectivity index (χ3n) is 12.8. The lowest BCUT2D eigenvalue weighted by molar-refractivity contribution is 0.346. The molecule has 0 unspecified atom stereocenters. The molecular weight excluding hydrogens is 1230 g/mol. The lowest BCUT2D eigenvalue weighted by Crippen LogP contribution is -2.30. The first-order valence-electron chi connectivity index (χ1n) is 38.6. The minimum atomic E-state index is -0.121. The lowest BCUT2D eigenvalue weighted by atomic mass is 9.65. The predicted molar refractivity (Wildman–Crippen MR) is 478 cm³/mol. The van der Waals surface area contributed by atoms with Crippen molar-refractivity contribution in [1.82, 2.24) is 0 Å². The summed E-state index contributed by atoms with van der Waals surface area (Å²) < 4.78 is 0. The minimum Gasteiger partial charge on any atom is -0.0776 e. The van der Waals surface area contributed by atoms with E-state index in [1.807, 2.05) is 293 Å². The molecular formula is C102H162. The van der Waals surface area contributed by atoms with Crippen molar-refractivity contribution in [2.45, 2.75) is 265 Å². The Labute approximate surface area is 638 Å². The Morgan fingerprint density at radius 1 is 0.216 bits per heavy atom. The average molecular weight is 1390 g/mol. The second-order valence-corrected chi connectivity index (χ2v) is 25.3. The van der Waals surface area contributed by atoms with Crippen LogP contribution in [0.3, 0.4) is 0 Å². The number of benzene rings is 10. The quantitative estimate of drug-likeness (QED) is 0.151. The van der Waals surface area contributed by atoms with Crippen molar-refractivity contribution >= 4 is 0 Å². The number of hydrogen-bond donors (Lipinski definition) is 0. The van der Waals surface area contributed by atoms with E-state index < -0.39 is 0 Å². The summed E-state index contributed by atoms with van der Waals surface area (Å²) in [6, 6.07) is 114. The molecule has 1 aliphatic rings. The highest BCUT2D eigenvalue weighted by Gasteiger charge is 2.35. The number of rotatable bonds is 5. The largest absolute Gasteiger partial charge is 0.0776 e. The van der Waals surface area contributed by atoms with Crippen molar-refractivity contribution in [3.05, 3.63) is 361 Å². The zero-order valence-corrected chi connectivity index (χ0v) is 70.0. The van der Waals surface area contributed by atoms with Crippen LogP contribution in [0.1, 0.15) is 282 Å². The van der Waals surface area contributed by atoms with Crippen LogP contribution < -0.4 is 0 Å². The van der Waals surface area contributed by atoms with Gasteiger partial charge >= 0.3 is 0 Å². The van der Waals surface area contributed by atoms with Crippen LogP contribution in [0.15, 0.2) is 334 Å². The average Bonchev–Trinajstić information content (AvgIpc) is 0.783. The van der Waals surface area contributed by atoms with E-state index in [0.717, 1.165) is 0 Å². The molecule has 570 valence electrons. The van der Waals surface area contributed by atoms with Crippen LogP contribution in [-0.4, -0.2) is 0 Å². The summed E-state index contributed by atoms with van der Waals surface area (Å²) in [6.45, 7) is 60.7. The zero-order valence-electron chi connectivity index (χ0n) is 70.0. The van der Waals surface area contributed by atoms with Crippen LogP contribution in [0, 0.1) is 16.2 Å². The highest BCUT2D eigenvalue weighted by atomic mass is 14.4. The molecule has 0 nitrogen and oxygen atoms in total. The van der Waals surface area contributed by atoms with E-state index in [1.165, 1.54) is 66.3 Å². The van der Waals surface area contributed by atoms with Crippen LogP contribution in [0.25, 0.3) is 0 Å². The maximum absolute atomic E-state index is 2.30. The third-order valence-corrected chi connectivity index (χ3v) is 12.8. The fraction of sp³-hybridized carbons (Fsp3) is 0.412. The Morgan fingerprint density at radius 3 is 0.461 bits per heavy atom. The van der Waals surface area contributed by atoms with Gasteiger partial charge in [-0.1, -0.05) is 568 Å².